The van der Waals surface area contributed by atoms with Crippen LogP contribution in [0.15, 0.2) is 60.8 Å². The first-order valence-corrected chi connectivity index (χ1v) is 9.61. The highest BCUT2D eigenvalue weighted by molar-refractivity contribution is 5.82. The fourth-order valence-corrected chi connectivity index (χ4v) is 3.78. The van der Waals surface area contributed by atoms with Crippen molar-refractivity contribution in [3.63, 3.8) is 0 Å². The molecule has 2 aromatic carbocycles. The number of rotatable bonds is 6. The number of aliphatic hydroxyl groups excluding tert-OH is 1. The summed E-state index contributed by atoms with van der Waals surface area (Å²) >= 11 is 0. The first kappa shape index (κ1) is 18.6. The maximum absolute atomic E-state index is 12.5. The van der Waals surface area contributed by atoms with Gasteiger partial charge in [0.2, 0.25) is 5.91 Å². The Bertz CT molecular complexity index is 950. The third kappa shape index (κ3) is 4.21. The number of aromatic nitrogens is 1. The molecule has 0 unspecified atom stereocenters. The number of nitrogens with zero attached hydrogens (tertiary/aromatic N) is 1. The van der Waals surface area contributed by atoms with Crippen LogP contribution in [0.5, 0.6) is 0 Å². The van der Waals surface area contributed by atoms with Crippen LogP contribution in [0.3, 0.4) is 0 Å². The van der Waals surface area contributed by atoms with E-state index in [1.54, 1.807) is 0 Å². The molecule has 1 aliphatic rings. The number of carbonyl (C=O) groups excluding carboxylic acids is 1. The number of hydrogen-bond donors (Lipinski definition) is 2. The molecule has 0 radical (unpaired) electrons. The maximum atomic E-state index is 12.5. The van der Waals surface area contributed by atoms with Crippen molar-refractivity contribution < 1.29 is 14.6 Å². The Morgan fingerprint density at radius 1 is 1.07 bits per heavy atom. The Hall–Kier alpha value is -2.76. The van der Waals surface area contributed by atoms with Crippen LogP contribution in [0.2, 0.25) is 0 Å². The molecular formula is C23H24N2O3. The van der Waals surface area contributed by atoms with E-state index < -0.39 is 0 Å². The summed E-state index contributed by atoms with van der Waals surface area (Å²) < 4.78 is 5.68. The minimum absolute atomic E-state index is 0.00293. The second-order valence-electron chi connectivity index (χ2n) is 7.31. The number of ether oxygens (including phenoxy) is 1. The number of aliphatic hydroxyl groups is 1. The lowest BCUT2D eigenvalue weighted by Crippen LogP contribution is -2.41. The standard InChI is InChI=1S/C23H24N2O3/c26-13-17-7-5-16(6-8-17)11-23(27)25-22-15-28-14-19(22)12-18-9-10-24-21-4-2-1-3-20(18)21/h1-10,19,22,26H,11-15H2,(H,25,27)/t19-,22+/m1/s1. The number of hydrogen-bond acceptors (Lipinski definition) is 4. The molecule has 3 aromatic rings. The highest BCUT2D eigenvalue weighted by atomic mass is 16.5. The molecule has 5 nitrogen and oxygen atoms in total. The van der Waals surface area contributed by atoms with Gasteiger partial charge in [0, 0.05) is 17.5 Å². The molecular weight excluding hydrogens is 352 g/mol. The number of carbonyl (C=O) groups is 1. The zero-order chi connectivity index (χ0) is 19.3. The number of benzene rings is 2. The van der Waals surface area contributed by atoms with Gasteiger partial charge in [-0.15, -0.1) is 0 Å². The van der Waals surface area contributed by atoms with E-state index in [1.807, 2.05) is 48.7 Å². The lowest BCUT2D eigenvalue weighted by atomic mass is 9.93. The van der Waals surface area contributed by atoms with Crippen LogP contribution in [-0.4, -0.2) is 35.3 Å². The lowest BCUT2D eigenvalue weighted by molar-refractivity contribution is -0.121. The summed E-state index contributed by atoms with van der Waals surface area (Å²) in [5.41, 5.74) is 4.01. The second kappa shape index (κ2) is 8.50. The highest BCUT2D eigenvalue weighted by Gasteiger charge is 2.30. The molecule has 1 aromatic heterocycles. The molecule has 0 saturated carbocycles. The highest BCUT2D eigenvalue weighted by Crippen LogP contribution is 2.24. The third-order valence-corrected chi connectivity index (χ3v) is 5.34. The average molecular weight is 376 g/mol. The number of para-hydroxylation sites is 1. The summed E-state index contributed by atoms with van der Waals surface area (Å²) in [7, 11) is 0. The van der Waals surface area contributed by atoms with E-state index in [0.29, 0.717) is 19.6 Å². The molecule has 5 heteroatoms. The fourth-order valence-electron chi connectivity index (χ4n) is 3.78. The van der Waals surface area contributed by atoms with Crippen LogP contribution in [-0.2, 0) is 29.0 Å². The Balaban J connectivity index is 1.41. The maximum Gasteiger partial charge on any atom is 0.224 e. The van der Waals surface area contributed by atoms with E-state index in [9.17, 15) is 4.79 Å². The van der Waals surface area contributed by atoms with Crippen LogP contribution < -0.4 is 5.32 Å². The molecule has 144 valence electrons. The molecule has 1 aliphatic heterocycles. The van der Waals surface area contributed by atoms with Gasteiger partial charge in [-0.05, 0) is 35.2 Å². The first-order valence-electron chi connectivity index (χ1n) is 9.61. The van der Waals surface area contributed by atoms with Gasteiger partial charge in [0.15, 0.2) is 0 Å². The molecule has 0 bridgehead atoms. The zero-order valence-electron chi connectivity index (χ0n) is 15.7. The lowest BCUT2D eigenvalue weighted by Gasteiger charge is -2.20. The molecule has 1 amide bonds. The molecule has 1 fully saturated rings. The number of pyridine rings is 1. The zero-order valence-corrected chi connectivity index (χ0v) is 15.7. The van der Waals surface area contributed by atoms with Gasteiger partial charge in [0.1, 0.15) is 0 Å². The molecule has 0 spiro atoms. The van der Waals surface area contributed by atoms with E-state index in [-0.39, 0.29) is 24.5 Å². The number of fused-ring (bicyclic) bond motifs is 1. The van der Waals surface area contributed by atoms with E-state index in [2.05, 4.69) is 22.4 Å². The Morgan fingerprint density at radius 2 is 1.86 bits per heavy atom. The fraction of sp³-hybridized carbons (Fsp3) is 0.304. The molecule has 28 heavy (non-hydrogen) atoms. The van der Waals surface area contributed by atoms with E-state index in [4.69, 9.17) is 9.84 Å². The Labute approximate surface area is 164 Å². The smallest absolute Gasteiger partial charge is 0.224 e. The van der Waals surface area contributed by atoms with E-state index >= 15 is 0 Å². The monoisotopic (exact) mass is 376 g/mol. The van der Waals surface area contributed by atoms with Crippen molar-refractivity contribution >= 4 is 16.8 Å². The van der Waals surface area contributed by atoms with Crippen molar-refractivity contribution in [2.75, 3.05) is 13.2 Å². The van der Waals surface area contributed by atoms with Crippen LogP contribution >= 0.6 is 0 Å². The Morgan fingerprint density at radius 3 is 2.68 bits per heavy atom. The van der Waals surface area contributed by atoms with Gasteiger partial charge in [-0.3, -0.25) is 9.78 Å². The SMILES string of the molecule is O=C(Cc1ccc(CO)cc1)N[C@H]1COC[C@H]1Cc1ccnc2ccccc12. The van der Waals surface area contributed by atoms with Crippen molar-refractivity contribution in [2.45, 2.75) is 25.5 Å². The van der Waals surface area contributed by atoms with Crippen molar-refractivity contribution in [3.05, 3.63) is 77.5 Å². The molecule has 2 heterocycles. The normalized spacial score (nSPS) is 19.0. The van der Waals surface area contributed by atoms with Crippen molar-refractivity contribution in [3.8, 4) is 0 Å². The molecule has 2 N–H and O–H groups in total. The van der Waals surface area contributed by atoms with Gasteiger partial charge < -0.3 is 15.2 Å². The summed E-state index contributed by atoms with van der Waals surface area (Å²) in [4.78, 5) is 16.9. The summed E-state index contributed by atoms with van der Waals surface area (Å²) in [6.07, 6.45) is 3.02. The van der Waals surface area contributed by atoms with Crippen LogP contribution in [0.4, 0.5) is 0 Å². The predicted octanol–water partition coefficient (Wildman–Crippen LogP) is 2.64. The minimum Gasteiger partial charge on any atom is -0.392 e. The van der Waals surface area contributed by atoms with Crippen LogP contribution in [0.1, 0.15) is 16.7 Å². The average Bonchev–Trinajstić information content (AvgIpc) is 3.15. The molecule has 2 atom stereocenters. The van der Waals surface area contributed by atoms with Gasteiger partial charge in [0.05, 0.1) is 37.8 Å². The molecule has 4 rings (SSSR count). The van der Waals surface area contributed by atoms with Gasteiger partial charge in [0.25, 0.3) is 0 Å². The topological polar surface area (TPSA) is 71.5 Å². The van der Waals surface area contributed by atoms with Crippen molar-refractivity contribution in [1.82, 2.24) is 10.3 Å². The van der Waals surface area contributed by atoms with Crippen molar-refractivity contribution in [1.29, 1.82) is 0 Å². The third-order valence-electron chi connectivity index (χ3n) is 5.34. The second-order valence-corrected chi connectivity index (χ2v) is 7.31. The summed E-state index contributed by atoms with van der Waals surface area (Å²) in [5.74, 6) is 0.239. The minimum atomic E-state index is -0.00293. The summed E-state index contributed by atoms with van der Waals surface area (Å²) in [6, 6.07) is 17.7. The van der Waals surface area contributed by atoms with Gasteiger partial charge >= 0.3 is 0 Å². The van der Waals surface area contributed by atoms with Gasteiger partial charge in [-0.25, -0.2) is 0 Å². The summed E-state index contributed by atoms with van der Waals surface area (Å²) in [5, 5.41) is 13.4. The van der Waals surface area contributed by atoms with Crippen molar-refractivity contribution in [2.24, 2.45) is 5.92 Å². The van der Waals surface area contributed by atoms with E-state index in [1.165, 1.54) is 5.56 Å². The van der Waals surface area contributed by atoms with Crippen LogP contribution in [0, 0.1) is 5.92 Å². The van der Waals surface area contributed by atoms with Gasteiger partial charge in [-0.2, -0.15) is 0 Å². The Kier molecular flexibility index (Phi) is 5.65. The molecule has 1 saturated heterocycles. The predicted molar refractivity (Wildman–Crippen MR) is 108 cm³/mol. The number of nitrogens with one attached hydrogen (secondary N) is 1. The quantitative estimate of drug-likeness (QED) is 0.694. The van der Waals surface area contributed by atoms with Gasteiger partial charge in [-0.1, -0.05) is 42.5 Å². The summed E-state index contributed by atoms with van der Waals surface area (Å²) in [6.45, 7) is 1.20. The number of amides is 1. The molecule has 0 aliphatic carbocycles. The largest absolute Gasteiger partial charge is 0.392 e. The van der Waals surface area contributed by atoms with E-state index in [0.717, 1.165) is 28.5 Å². The first-order chi connectivity index (χ1) is 13.7. The van der Waals surface area contributed by atoms with Crippen LogP contribution in [0.25, 0.3) is 10.9 Å².